The molecule has 0 aliphatic carbocycles. The fraction of sp³-hybridized carbons (Fsp3) is 0.286. The van der Waals surface area contributed by atoms with Gasteiger partial charge in [-0.1, -0.05) is 36.2 Å². The second-order valence-electron chi connectivity index (χ2n) is 4.20. The van der Waals surface area contributed by atoms with E-state index in [0.29, 0.717) is 15.6 Å². The summed E-state index contributed by atoms with van der Waals surface area (Å²) in [5, 5.41) is 0.632. The topological polar surface area (TPSA) is 34.1 Å². The van der Waals surface area contributed by atoms with Crippen LogP contribution in [-0.2, 0) is 16.0 Å². The van der Waals surface area contributed by atoms with Gasteiger partial charge < -0.3 is 0 Å². The van der Waals surface area contributed by atoms with Crippen molar-refractivity contribution in [1.29, 1.82) is 0 Å². The molecule has 0 fully saturated rings. The van der Waals surface area contributed by atoms with Gasteiger partial charge in [-0.2, -0.15) is 13.2 Å². The molecule has 0 saturated heterocycles. The molecule has 0 aliphatic rings. The molecule has 114 valence electrons. The summed E-state index contributed by atoms with van der Waals surface area (Å²) in [6.07, 6.45) is -4.36. The lowest BCUT2D eigenvalue weighted by molar-refractivity contribution is -0.167. The normalized spacial score (nSPS) is 12.4. The van der Waals surface area contributed by atoms with E-state index in [1.54, 1.807) is 0 Å². The molecule has 0 bridgehead atoms. The lowest BCUT2D eigenvalue weighted by Crippen LogP contribution is -2.28. The predicted molar refractivity (Wildman–Crippen MR) is 74.6 cm³/mol. The highest BCUT2D eigenvalue weighted by Crippen LogP contribution is 2.24. The van der Waals surface area contributed by atoms with Crippen molar-refractivity contribution in [3.63, 3.8) is 0 Å². The van der Waals surface area contributed by atoms with Crippen molar-refractivity contribution in [2.75, 3.05) is 0 Å². The second-order valence-corrected chi connectivity index (χ2v) is 5.08. The van der Waals surface area contributed by atoms with Crippen LogP contribution in [0.2, 0.25) is 10.0 Å². The zero-order chi connectivity index (χ0) is 16.2. The van der Waals surface area contributed by atoms with Gasteiger partial charge in [0, 0.05) is 16.5 Å². The van der Waals surface area contributed by atoms with Gasteiger partial charge in [0.05, 0.1) is 5.57 Å². The van der Waals surface area contributed by atoms with Crippen LogP contribution in [0.25, 0.3) is 0 Å². The Morgan fingerprint density at radius 2 is 1.67 bits per heavy atom. The summed E-state index contributed by atoms with van der Waals surface area (Å²) in [6, 6.07) is 4.46. The molecule has 0 atom stereocenters. The summed E-state index contributed by atoms with van der Waals surface area (Å²) in [5.74, 6) is -2.99. The number of Topliss-reactive ketones (excluding diaryl/α,β-unsaturated/α-hetero) is 2. The molecule has 0 saturated carbocycles. The van der Waals surface area contributed by atoms with Crippen molar-refractivity contribution in [1.82, 2.24) is 0 Å². The number of halogens is 5. The summed E-state index contributed by atoms with van der Waals surface area (Å²) in [5.41, 5.74) is -0.357. The molecule has 7 heteroatoms. The highest BCUT2D eigenvalue weighted by Gasteiger charge is 2.42. The minimum atomic E-state index is -5.08. The first-order valence-electron chi connectivity index (χ1n) is 5.95. The van der Waals surface area contributed by atoms with Gasteiger partial charge in [-0.25, -0.2) is 0 Å². The number of rotatable bonds is 5. The first-order valence-corrected chi connectivity index (χ1v) is 6.70. The molecule has 21 heavy (non-hydrogen) atoms. The first kappa shape index (κ1) is 17.7. The molecule has 0 N–H and O–H groups in total. The van der Waals surface area contributed by atoms with Gasteiger partial charge in [0.15, 0.2) is 5.78 Å². The number of allylic oxidation sites excluding steroid dienone is 2. The Labute approximate surface area is 129 Å². The maximum atomic E-state index is 12.5. The molecule has 0 radical (unpaired) electrons. The molecule has 0 aliphatic heterocycles. The Balaban J connectivity index is 3.09. The van der Waals surface area contributed by atoms with E-state index < -0.39 is 23.3 Å². The molecule has 1 aromatic carbocycles. The fourth-order valence-electron chi connectivity index (χ4n) is 1.63. The molecular formula is C14H11Cl2F3O2. The van der Waals surface area contributed by atoms with Crippen molar-refractivity contribution in [3.05, 3.63) is 45.5 Å². The van der Waals surface area contributed by atoms with Gasteiger partial charge >= 0.3 is 6.18 Å². The van der Waals surface area contributed by atoms with E-state index in [4.69, 9.17) is 23.2 Å². The van der Waals surface area contributed by atoms with Crippen LogP contribution in [0.15, 0.2) is 29.8 Å². The first-order chi connectivity index (χ1) is 9.65. The molecule has 0 aromatic heterocycles. The predicted octanol–water partition coefficient (Wildman–Crippen LogP) is 4.57. The Morgan fingerprint density at radius 1 is 1.14 bits per heavy atom. The number of ketones is 2. The lowest BCUT2D eigenvalue weighted by atomic mass is 10.0. The summed E-state index contributed by atoms with van der Waals surface area (Å²) in [4.78, 5) is 22.8. The number of benzene rings is 1. The third kappa shape index (κ3) is 5.17. The van der Waals surface area contributed by atoms with Crippen molar-refractivity contribution >= 4 is 34.8 Å². The average Bonchev–Trinajstić information content (AvgIpc) is 2.36. The van der Waals surface area contributed by atoms with Gasteiger partial charge in [-0.05, 0) is 30.2 Å². The molecule has 0 unspecified atom stereocenters. The SMILES string of the molecule is CCC(=O)/C(=C\Cc1cc(Cl)cc(Cl)c1)C(=O)C(F)(F)F. The number of hydrogen-bond acceptors (Lipinski definition) is 2. The van der Waals surface area contributed by atoms with Crippen LogP contribution < -0.4 is 0 Å². The van der Waals surface area contributed by atoms with Crippen molar-refractivity contribution in [2.24, 2.45) is 0 Å². The molecule has 1 rings (SSSR count). The van der Waals surface area contributed by atoms with Crippen LogP contribution in [0, 0.1) is 0 Å². The van der Waals surface area contributed by atoms with Gasteiger partial charge in [-0.15, -0.1) is 0 Å². The molecule has 1 aromatic rings. The number of carbonyl (C=O) groups is 2. The highest BCUT2D eigenvalue weighted by molar-refractivity contribution is 6.34. The highest BCUT2D eigenvalue weighted by atomic mass is 35.5. The number of alkyl halides is 3. The van der Waals surface area contributed by atoms with E-state index >= 15 is 0 Å². The quantitative estimate of drug-likeness (QED) is 0.447. The van der Waals surface area contributed by atoms with Gasteiger partial charge in [0.2, 0.25) is 0 Å². The maximum absolute atomic E-state index is 12.5. The van der Waals surface area contributed by atoms with Crippen LogP contribution in [0.5, 0.6) is 0 Å². The van der Waals surface area contributed by atoms with E-state index in [-0.39, 0.29) is 12.8 Å². The van der Waals surface area contributed by atoms with Crippen LogP contribution >= 0.6 is 23.2 Å². The van der Waals surface area contributed by atoms with Crippen LogP contribution in [0.3, 0.4) is 0 Å². The van der Waals surface area contributed by atoms with Crippen molar-refractivity contribution in [3.8, 4) is 0 Å². The molecule has 0 heterocycles. The Bertz CT molecular complexity index is 572. The zero-order valence-electron chi connectivity index (χ0n) is 10.9. The largest absolute Gasteiger partial charge is 0.454 e. The zero-order valence-corrected chi connectivity index (χ0v) is 12.4. The fourth-order valence-corrected chi connectivity index (χ4v) is 2.20. The van der Waals surface area contributed by atoms with E-state index in [9.17, 15) is 22.8 Å². The van der Waals surface area contributed by atoms with Crippen LogP contribution in [0.1, 0.15) is 18.9 Å². The number of hydrogen-bond donors (Lipinski definition) is 0. The third-order valence-electron chi connectivity index (χ3n) is 2.59. The minimum Gasteiger partial charge on any atom is -0.294 e. The van der Waals surface area contributed by atoms with Crippen LogP contribution in [-0.4, -0.2) is 17.7 Å². The smallest absolute Gasteiger partial charge is 0.294 e. The van der Waals surface area contributed by atoms with E-state index in [2.05, 4.69) is 0 Å². The van der Waals surface area contributed by atoms with E-state index in [1.165, 1.54) is 25.1 Å². The molecule has 0 spiro atoms. The van der Waals surface area contributed by atoms with E-state index in [1.807, 2.05) is 0 Å². The monoisotopic (exact) mass is 338 g/mol. The summed E-state index contributed by atoms with van der Waals surface area (Å²) in [6.45, 7) is 1.39. The van der Waals surface area contributed by atoms with Gasteiger partial charge in [0.25, 0.3) is 5.78 Å². The summed E-state index contributed by atoms with van der Waals surface area (Å²) >= 11 is 11.5. The van der Waals surface area contributed by atoms with Crippen LogP contribution in [0.4, 0.5) is 13.2 Å². The summed E-state index contributed by atoms with van der Waals surface area (Å²) in [7, 11) is 0. The van der Waals surface area contributed by atoms with E-state index in [0.717, 1.165) is 6.08 Å². The lowest BCUT2D eigenvalue weighted by Gasteiger charge is -2.08. The summed E-state index contributed by atoms with van der Waals surface area (Å²) < 4.78 is 37.4. The Morgan fingerprint density at radius 3 is 2.10 bits per heavy atom. The van der Waals surface area contributed by atoms with Gasteiger partial charge in [-0.3, -0.25) is 9.59 Å². The number of carbonyl (C=O) groups excluding carboxylic acids is 2. The standard InChI is InChI=1S/C14H11Cl2F3O2/c1-2-12(20)11(13(21)14(17,18)19)4-3-8-5-9(15)7-10(16)6-8/h4-7H,2-3H2,1H3/b11-4+. The average molecular weight is 339 g/mol. The second kappa shape index (κ2) is 7.09. The third-order valence-corrected chi connectivity index (χ3v) is 3.02. The van der Waals surface area contributed by atoms with Gasteiger partial charge in [0.1, 0.15) is 0 Å². The maximum Gasteiger partial charge on any atom is 0.454 e. The van der Waals surface area contributed by atoms with Crippen molar-refractivity contribution in [2.45, 2.75) is 25.9 Å². The van der Waals surface area contributed by atoms with Crippen molar-refractivity contribution < 1.29 is 22.8 Å². The Kier molecular flexibility index (Phi) is 5.98. The molecule has 0 amide bonds. The molecule has 2 nitrogen and oxygen atoms in total. The minimum absolute atomic E-state index is 0.0524. The molecular weight excluding hydrogens is 328 g/mol. The Hall–Kier alpha value is -1.33.